The summed E-state index contributed by atoms with van der Waals surface area (Å²) < 4.78 is 0. The van der Waals surface area contributed by atoms with E-state index in [-0.39, 0.29) is 0 Å². The first-order valence-corrected chi connectivity index (χ1v) is 7.24. The van der Waals surface area contributed by atoms with E-state index in [1.54, 1.807) is 0 Å². The Morgan fingerprint density at radius 1 is 1.20 bits per heavy atom. The van der Waals surface area contributed by atoms with E-state index in [0.29, 0.717) is 11.0 Å². The fourth-order valence-electron chi connectivity index (χ4n) is 1.95. The summed E-state index contributed by atoms with van der Waals surface area (Å²) in [6.07, 6.45) is 5.88. The molecular weight excluding hydrogens is 204 g/mol. The summed E-state index contributed by atoms with van der Waals surface area (Å²) in [5.74, 6) is 2.25. The van der Waals surface area contributed by atoms with Gasteiger partial charge in [0.15, 0.2) is 5.12 Å². The van der Waals surface area contributed by atoms with Crippen molar-refractivity contribution in [1.29, 1.82) is 0 Å². The number of hydrogen-bond acceptors (Lipinski definition) is 2. The standard InChI is InChI=1S/C13H26OS/c1-5-7-8-11(3)9-12(4)10-13(14)15-6-2/h11-12H,5-10H2,1-4H3/t11-,12+/m1/s1. The maximum absolute atomic E-state index is 11.4. The average Bonchev–Trinajstić information content (AvgIpc) is 2.14. The van der Waals surface area contributed by atoms with Crippen LogP contribution >= 0.6 is 11.8 Å². The zero-order chi connectivity index (χ0) is 11.7. The maximum atomic E-state index is 11.4. The highest BCUT2D eigenvalue weighted by Gasteiger charge is 2.12. The lowest BCUT2D eigenvalue weighted by atomic mass is 9.91. The minimum Gasteiger partial charge on any atom is -0.287 e. The highest BCUT2D eigenvalue weighted by molar-refractivity contribution is 8.13. The zero-order valence-electron chi connectivity index (χ0n) is 10.7. The normalized spacial score (nSPS) is 14.9. The van der Waals surface area contributed by atoms with Gasteiger partial charge in [0.25, 0.3) is 0 Å². The van der Waals surface area contributed by atoms with Crippen LogP contribution in [-0.4, -0.2) is 10.9 Å². The van der Waals surface area contributed by atoms with Crippen molar-refractivity contribution in [2.45, 2.75) is 59.8 Å². The fourth-order valence-corrected chi connectivity index (χ4v) is 2.67. The van der Waals surface area contributed by atoms with Crippen molar-refractivity contribution >= 4 is 16.9 Å². The van der Waals surface area contributed by atoms with Gasteiger partial charge in [0, 0.05) is 6.42 Å². The summed E-state index contributed by atoms with van der Waals surface area (Å²) in [6, 6.07) is 0. The number of carbonyl (C=O) groups is 1. The molecule has 0 radical (unpaired) electrons. The quantitative estimate of drug-likeness (QED) is 0.610. The third kappa shape index (κ3) is 8.98. The predicted octanol–water partition coefficient (Wildman–Crippen LogP) is 4.51. The van der Waals surface area contributed by atoms with E-state index in [4.69, 9.17) is 0 Å². The highest BCUT2D eigenvalue weighted by atomic mass is 32.2. The Labute approximate surface area is 99.4 Å². The minimum atomic E-state index is 0.368. The molecule has 0 saturated carbocycles. The maximum Gasteiger partial charge on any atom is 0.189 e. The van der Waals surface area contributed by atoms with E-state index in [2.05, 4.69) is 20.8 Å². The number of unbranched alkanes of at least 4 members (excludes halogenated alkanes) is 1. The second-order valence-corrected chi connectivity index (χ2v) is 5.92. The second kappa shape index (κ2) is 9.26. The molecule has 0 aliphatic rings. The van der Waals surface area contributed by atoms with Gasteiger partial charge >= 0.3 is 0 Å². The van der Waals surface area contributed by atoms with Crippen molar-refractivity contribution in [1.82, 2.24) is 0 Å². The highest BCUT2D eigenvalue weighted by Crippen LogP contribution is 2.22. The van der Waals surface area contributed by atoms with E-state index >= 15 is 0 Å². The molecule has 0 aromatic carbocycles. The lowest BCUT2D eigenvalue weighted by molar-refractivity contribution is -0.111. The van der Waals surface area contributed by atoms with Gasteiger partial charge in [-0.05, 0) is 24.0 Å². The molecule has 0 aromatic heterocycles. The molecule has 0 fully saturated rings. The Balaban J connectivity index is 3.62. The van der Waals surface area contributed by atoms with Gasteiger partial charge < -0.3 is 0 Å². The molecule has 0 heterocycles. The molecule has 0 amide bonds. The molecule has 0 aliphatic carbocycles. The third-order valence-electron chi connectivity index (χ3n) is 2.68. The minimum absolute atomic E-state index is 0.368. The number of rotatable bonds is 8. The number of hydrogen-bond donors (Lipinski definition) is 0. The van der Waals surface area contributed by atoms with Crippen molar-refractivity contribution in [3.8, 4) is 0 Å². The molecule has 1 nitrogen and oxygen atoms in total. The van der Waals surface area contributed by atoms with Crippen LogP contribution in [0.15, 0.2) is 0 Å². The van der Waals surface area contributed by atoms with Crippen LogP contribution in [0, 0.1) is 11.8 Å². The van der Waals surface area contributed by atoms with E-state index in [1.807, 2.05) is 6.92 Å². The molecule has 0 N–H and O–H groups in total. The molecular formula is C13H26OS. The van der Waals surface area contributed by atoms with Crippen LogP contribution in [0.1, 0.15) is 59.8 Å². The molecule has 2 atom stereocenters. The van der Waals surface area contributed by atoms with Crippen LogP contribution in [-0.2, 0) is 4.79 Å². The summed E-state index contributed by atoms with van der Waals surface area (Å²) in [5.41, 5.74) is 0. The molecule has 0 aliphatic heterocycles. The molecule has 0 bridgehead atoms. The molecule has 2 heteroatoms. The SMILES string of the molecule is CCCC[C@@H](C)C[C@H](C)CC(=O)SCC. The Kier molecular flexibility index (Phi) is 9.27. The van der Waals surface area contributed by atoms with Crippen molar-refractivity contribution < 1.29 is 4.79 Å². The first-order chi connectivity index (χ1) is 7.10. The van der Waals surface area contributed by atoms with Crippen molar-refractivity contribution in [3.63, 3.8) is 0 Å². The van der Waals surface area contributed by atoms with Gasteiger partial charge in [0.1, 0.15) is 0 Å². The van der Waals surface area contributed by atoms with E-state index in [1.165, 1.54) is 37.4 Å². The smallest absolute Gasteiger partial charge is 0.189 e. The van der Waals surface area contributed by atoms with Crippen LogP contribution in [0.3, 0.4) is 0 Å². The molecule has 15 heavy (non-hydrogen) atoms. The Hall–Kier alpha value is 0.0200. The summed E-state index contributed by atoms with van der Waals surface area (Å²) in [6.45, 7) is 8.79. The monoisotopic (exact) mass is 230 g/mol. The first-order valence-electron chi connectivity index (χ1n) is 6.25. The molecule has 0 aromatic rings. The van der Waals surface area contributed by atoms with Crippen LogP contribution in [0.25, 0.3) is 0 Å². The molecule has 0 rings (SSSR count). The van der Waals surface area contributed by atoms with E-state index in [0.717, 1.165) is 18.1 Å². The van der Waals surface area contributed by atoms with Crippen molar-refractivity contribution in [2.75, 3.05) is 5.75 Å². The van der Waals surface area contributed by atoms with Crippen molar-refractivity contribution in [3.05, 3.63) is 0 Å². The van der Waals surface area contributed by atoms with Gasteiger partial charge in [-0.2, -0.15) is 0 Å². The molecule has 0 spiro atoms. The van der Waals surface area contributed by atoms with Crippen LogP contribution in [0.5, 0.6) is 0 Å². The predicted molar refractivity (Wildman–Crippen MR) is 70.2 cm³/mol. The zero-order valence-corrected chi connectivity index (χ0v) is 11.5. The van der Waals surface area contributed by atoms with Crippen LogP contribution in [0.2, 0.25) is 0 Å². The fraction of sp³-hybridized carbons (Fsp3) is 0.923. The Morgan fingerprint density at radius 2 is 1.87 bits per heavy atom. The summed E-state index contributed by atoms with van der Waals surface area (Å²) >= 11 is 1.47. The average molecular weight is 230 g/mol. The first kappa shape index (κ1) is 15.0. The largest absolute Gasteiger partial charge is 0.287 e. The summed E-state index contributed by atoms with van der Waals surface area (Å²) in [4.78, 5) is 11.4. The van der Waals surface area contributed by atoms with Gasteiger partial charge in [-0.3, -0.25) is 4.79 Å². The molecule has 0 unspecified atom stereocenters. The lowest BCUT2D eigenvalue weighted by Crippen LogP contribution is -2.07. The van der Waals surface area contributed by atoms with E-state index in [9.17, 15) is 4.79 Å². The second-order valence-electron chi connectivity index (χ2n) is 4.60. The van der Waals surface area contributed by atoms with Gasteiger partial charge in [-0.25, -0.2) is 0 Å². The number of carbonyl (C=O) groups excluding carboxylic acids is 1. The van der Waals surface area contributed by atoms with Crippen LogP contribution < -0.4 is 0 Å². The third-order valence-corrected chi connectivity index (χ3v) is 3.45. The van der Waals surface area contributed by atoms with Gasteiger partial charge in [-0.15, -0.1) is 0 Å². The lowest BCUT2D eigenvalue weighted by Gasteiger charge is -2.16. The Bertz CT molecular complexity index is 168. The van der Waals surface area contributed by atoms with Gasteiger partial charge in [-0.1, -0.05) is 58.7 Å². The van der Waals surface area contributed by atoms with Gasteiger partial charge in [0.05, 0.1) is 0 Å². The summed E-state index contributed by atoms with van der Waals surface area (Å²) in [7, 11) is 0. The topological polar surface area (TPSA) is 17.1 Å². The Morgan fingerprint density at radius 3 is 2.40 bits per heavy atom. The molecule has 90 valence electrons. The molecule has 0 saturated heterocycles. The van der Waals surface area contributed by atoms with Gasteiger partial charge in [0.2, 0.25) is 0 Å². The van der Waals surface area contributed by atoms with E-state index < -0.39 is 0 Å². The van der Waals surface area contributed by atoms with Crippen molar-refractivity contribution in [2.24, 2.45) is 11.8 Å². The number of thioether (sulfide) groups is 1. The van der Waals surface area contributed by atoms with Crippen LogP contribution in [0.4, 0.5) is 0 Å². The summed E-state index contributed by atoms with van der Waals surface area (Å²) in [5, 5.41) is 0.368.